The number of methoxy groups -OCH3 is 1. The van der Waals surface area contributed by atoms with Crippen LogP contribution in [0.4, 0.5) is 0 Å². The van der Waals surface area contributed by atoms with Crippen molar-refractivity contribution in [1.82, 2.24) is 0 Å². The van der Waals surface area contributed by atoms with Crippen LogP contribution in [0.2, 0.25) is 0 Å². The van der Waals surface area contributed by atoms with E-state index in [0.29, 0.717) is 24.5 Å². The van der Waals surface area contributed by atoms with E-state index in [1.165, 1.54) is 18.2 Å². The molecule has 1 aliphatic carbocycles. The van der Waals surface area contributed by atoms with E-state index in [1.807, 2.05) is 18.2 Å². The van der Waals surface area contributed by atoms with Crippen molar-refractivity contribution >= 4 is 5.97 Å². The maximum absolute atomic E-state index is 11.4. The quantitative estimate of drug-likeness (QED) is 0.780. The molecule has 1 unspecified atom stereocenters. The van der Waals surface area contributed by atoms with Gasteiger partial charge in [-0.3, -0.25) is 4.79 Å². The van der Waals surface area contributed by atoms with Gasteiger partial charge in [0.15, 0.2) is 0 Å². The van der Waals surface area contributed by atoms with E-state index in [1.54, 1.807) is 12.1 Å². The largest absolute Gasteiger partial charge is 0.489 e. The van der Waals surface area contributed by atoms with Crippen molar-refractivity contribution in [2.24, 2.45) is 5.92 Å². The minimum Gasteiger partial charge on any atom is -0.489 e. The van der Waals surface area contributed by atoms with Crippen molar-refractivity contribution in [1.29, 1.82) is 5.26 Å². The molecule has 0 heterocycles. The second-order valence-corrected chi connectivity index (χ2v) is 6.42. The number of ether oxygens (including phenoxy) is 2. The van der Waals surface area contributed by atoms with Crippen LogP contribution in [0.3, 0.4) is 0 Å². The van der Waals surface area contributed by atoms with Crippen molar-refractivity contribution in [2.45, 2.75) is 32.3 Å². The number of rotatable bonds is 5. The van der Waals surface area contributed by atoms with E-state index in [2.05, 4.69) is 18.2 Å². The van der Waals surface area contributed by atoms with Crippen LogP contribution >= 0.6 is 0 Å². The summed E-state index contributed by atoms with van der Waals surface area (Å²) in [6.45, 7) is 0.482. The van der Waals surface area contributed by atoms with Crippen LogP contribution in [0.15, 0.2) is 42.5 Å². The molecule has 128 valence electrons. The Labute approximate surface area is 148 Å². The molecule has 4 nitrogen and oxygen atoms in total. The zero-order valence-electron chi connectivity index (χ0n) is 14.3. The van der Waals surface area contributed by atoms with E-state index in [0.717, 1.165) is 30.6 Å². The molecule has 0 spiro atoms. The first-order valence-electron chi connectivity index (χ1n) is 8.48. The molecule has 0 bridgehead atoms. The van der Waals surface area contributed by atoms with Crippen molar-refractivity contribution in [3.63, 3.8) is 0 Å². The Morgan fingerprint density at radius 3 is 2.72 bits per heavy atom. The van der Waals surface area contributed by atoms with Crippen LogP contribution < -0.4 is 4.74 Å². The van der Waals surface area contributed by atoms with Crippen LogP contribution in [0, 0.1) is 17.2 Å². The van der Waals surface area contributed by atoms with Crippen LogP contribution in [0.5, 0.6) is 5.75 Å². The molecule has 2 aromatic rings. The number of carbonyl (C=O) groups is 1. The minimum atomic E-state index is -0.129. The molecule has 3 rings (SSSR count). The first-order valence-corrected chi connectivity index (χ1v) is 8.48. The number of fused-ring (bicyclic) bond motifs is 1. The summed E-state index contributed by atoms with van der Waals surface area (Å²) < 4.78 is 10.7. The first kappa shape index (κ1) is 17.0. The molecule has 0 fully saturated rings. The summed E-state index contributed by atoms with van der Waals surface area (Å²) in [6.07, 6.45) is 3.37. The van der Waals surface area contributed by atoms with E-state index in [-0.39, 0.29) is 5.97 Å². The monoisotopic (exact) mass is 335 g/mol. The van der Waals surface area contributed by atoms with E-state index in [4.69, 9.17) is 14.7 Å². The van der Waals surface area contributed by atoms with Gasteiger partial charge in [-0.2, -0.15) is 5.26 Å². The molecule has 0 aliphatic heterocycles. The van der Waals surface area contributed by atoms with Gasteiger partial charge in [-0.15, -0.1) is 0 Å². The maximum atomic E-state index is 11.4. The second-order valence-electron chi connectivity index (χ2n) is 6.42. The summed E-state index contributed by atoms with van der Waals surface area (Å²) in [5.41, 5.74) is 4.29. The van der Waals surface area contributed by atoms with Crippen LogP contribution in [0.1, 0.15) is 35.1 Å². The lowest BCUT2D eigenvalue weighted by molar-refractivity contribution is -0.141. The molecule has 0 amide bonds. The zero-order valence-corrected chi connectivity index (χ0v) is 14.3. The molecular weight excluding hydrogens is 314 g/mol. The van der Waals surface area contributed by atoms with E-state index in [9.17, 15) is 4.79 Å². The zero-order chi connectivity index (χ0) is 17.6. The molecule has 0 radical (unpaired) electrons. The lowest BCUT2D eigenvalue weighted by atomic mass is 9.82. The first-order chi connectivity index (χ1) is 12.2. The van der Waals surface area contributed by atoms with Crippen molar-refractivity contribution in [2.75, 3.05) is 7.11 Å². The lowest BCUT2D eigenvalue weighted by Crippen LogP contribution is -2.18. The fraction of sp³-hybridized carbons (Fsp3) is 0.333. The topological polar surface area (TPSA) is 59.3 Å². The Balaban J connectivity index is 1.60. The van der Waals surface area contributed by atoms with Crippen LogP contribution in [-0.2, 0) is 29.0 Å². The number of nitriles is 1. The van der Waals surface area contributed by atoms with Gasteiger partial charge in [0.1, 0.15) is 12.4 Å². The summed E-state index contributed by atoms with van der Waals surface area (Å²) >= 11 is 0. The van der Waals surface area contributed by atoms with Gasteiger partial charge in [-0.1, -0.05) is 18.2 Å². The van der Waals surface area contributed by atoms with Gasteiger partial charge in [0, 0.05) is 6.42 Å². The predicted molar refractivity (Wildman–Crippen MR) is 94.1 cm³/mol. The lowest BCUT2D eigenvalue weighted by Gasteiger charge is -2.24. The summed E-state index contributed by atoms with van der Waals surface area (Å²) in [7, 11) is 1.44. The Kier molecular flexibility index (Phi) is 5.35. The Bertz CT molecular complexity index is 790. The number of benzene rings is 2. The van der Waals surface area contributed by atoms with Gasteiger partial charge in [0.25, 0.3) is 0 Å². The Hall–Kier alpha value is -2.80. The molecule has 1 aliphatic rings. The second kappa shape index (κ2) is 7.85. The minimum absolute atomic E-state index is 0.129. The molecule has 1 atom stereocenters. The third-order valence-electron chi connectivity index (χ3n) is 4.68. The summed E-state index contributed by atoms with van der Waals surface area (Å²) in [5.74, 6) is 1.09. The molecule has 25 heavy (non-hydrogen) atoms. The average molecular weight is 335 g/mol. The third kappa shape index (κ3) is 4.39. The molecule has 0 N–H and O–H groups in total. The van der Waals surface area contributed by atoms with Crippen molar-refractivity contribution in [3.8, 4) is 11.8 Å². The molecule has 4 heteroatoms. The standard InChI is InChI=1S/C21H21NO3/c1-24-21(23)11-17-6-7-19-12-20(9-8-18(19)10-17)25-14-16-4-2-15(13-22)3-5-16/h2-5,8-9,12,17H,6-7,10-11,14H2,1H3. The average Bonchev–Trinajstić information content (AvgIpc) is 2.66. The highest BCUT2D eigenvalue weighted by Crippen LogP contribution is 2.30. The van der Waals surface area contributed by atoms with E-state index < -0.39 is 0 Å². The molecule has 2 aromatic carbocycles. The SMILES string of the molecule is COC(=O)CC1CCc2cc(OCc3ccc(C#N)cc3)ccc2C1. The van der Waals surface area contributed by atoms with Crippen LogP contribution in [-0.4, -0.2) is 13.1 Å². The van der Waals surface area contributed by atoms with E-state index >= 15 is 0 Å². The Morgan fingerprint density at radius 1 is 1.20 bits per heavy atom. The fourth-order valence-electron chi connectivity index (χ4n) is 3.23. The smallest absolute Gasteiger partial charge is 0.305 e. The van der Waals surface area contributed by atoms with Gasteiger partial charge in [0.2, 0.25) is 0 Å². The van der Waals surface area contributed by atoms with Gasteiger partial charge in [0.05, 0.1) is 18.7 Å². The summed E-state index contributed by atoms with van der Waals surface area (Å²) in [5, 5.41) is 8.82. The highest BCUT2D eigenvalue weighted by Gasteiger charge is 2.21. The highest BCUT2D eigenvalue weighted by atomic mass is 16.5. The number of aryl methyl sites for hydroxylation is 1. The number of nitrogens with zero attached hydrogens (tertiary/aromatic N) is 1. The van der Waals surface area contributed by atoms with Gasteiger partial charge >= 0.3 is 5.97 Å². The third-order valence-corrected chi connectivity index (χ3v) is 4.68. The molecule has 0 aromatic heterocycles. The number of esters is 1. The summed E-state index contributed by atoms with van der Waals surface area (Å²) in [4.78, 5) is 11.4. The number of hydrogen-bond donors (Lipinski definition) is 0. The van der Waals surface area contributed by atoms with Crippen molar-refractivity contribution in [3.05, 3.63) is 64.7 Å². The Morgan fingerprint density at radius 2 is 2.00 bits per heavy atom. The van der Waals surface area contributed by atoms with Gasteiger partial charge < -0.3 is 9.47 Å². The van der Waals surface area contributed by atoms with Crippen LogP contribution in [0.25, 0.3) is 0 Å². The molecule has 0 saturated carbocycles. The number of carbonyl (C=O) groups excluding carboxylic acids is 1. The molecule has 0 saturated heterocycles. The van der Waals surface area contributed by atoms with Crippen molar-refractivity contribution < 1.29 is 14.3 Å². The normalized spacial score (nSPS) is 15.8. The number of hydrogen-bond acceptors (Lipinski definition) is 4. The maximum Gasteiger partial charge on any atom is 0.305 e. The van der Waals surface area contributed by atoms with Gasteiger partial charge in [-0.05, 0) is 66.1 Å². The summed E-state index contributed by atoms with van der Waals surface area (Å²) in [6, 6.07) is 15.7. The van der Waals surface area contributed by atoms with Gasteiger partial charge in [-0.25, -0.2) is 0 Å². The predicted octanol–water partition coefficient (Wildman–Crippen LogP) is 3.81. The fourth-order valence-corrected chi connectivity index (χ4v) is 3.23. The molecular formula is C21H21NO3. The highest BCUT2D eigenvalue weighted by molar-refractivity contribution is 5.69.